The van der Waals surface area contributed by atoms with Crippen LogP contribution in [0.25, 0.3) is 0 Å². The van der Waals surface area contributed by atoms with Gasteiger partial charge in [-0.15, -0.1) is 6.58 Å². The molecule has 0 aliphatic carbocycles. The Balaban J connectivity index is 1.93. The second-order valence-electron chi connectivity index (χ2n) is 6.76. The van der Waals surface area contributed by atoms with Crippen LogP contribution >= 0.6 is 0 Å². The van der Waals surface area contributed by atoms with Gasteiger partial charge in [0.1, 0.15) is 24.2 Å². The molecule has 1 heterocycles. The van der Waals surface area contributed by atoms with Crippen molar-refractivity contribution < 1.29 is 14.6 Å². The van der Waals surface area contributed by atoms with E-state index >= 15 is 0 Å². The van der Waals surface area contributed by atoms with Gasteiger partial charge in [-0.25, -0.2) is 0 Å². The van der Waals surface area contributed by atoms with Gasteiger partial charge in [-0.2, -0.15) is 0 Å². The molecule has 3 atom stereocenters. The largest absolute Gasteiger partial charge is 0.497 e. The summed E-state index contributed by atoms with van der Waals surface area (Å²) in [4.78, 5) is 2.40. The highest BCUT2D eigenvalue weighted by Crippen LogP contribution is 2.26. The van der Waals surface area contributed by atoms with Crippen LogP contribution in [0.3, 0.4) is 0 Å². The molecule has 0 bridgehead atoms. The molecule has 1 N–H and O–H groups in total. The maximum Gasteiger partial charge on any atom is 0.123 e. The lowest BCUT2D eigenvalue weighted by Crippen LogP contribution is -2.48. The van der Waals surface area contributed by atoms with Crippen LogP contribution in [-0.2, 0) is 6.42 Å². The van der Waals surface area contributed by atoms with Crippen molar-refractivity contribution in [3.05, 3.63) is 36.4 Å². The number of hydrogen-bond acceptors (Lipinski definition) is 4. The van der Waals surface area contributed by atoms with Gasteiger partial charge in [-0.05, 0) is 51.3 Å². The predicted molar refractivity (Wildman–Crippen MR) is 97.9 cm³/mol. The molecule has 0 spiro atoms. The molecule has 0 radical (unpaired) electrons. The molecular weight excluding hydrogens is 302 g/mol. The average molecular weight is 333 g/mol. The summed E-state index contributed by atoms with van der Waals surface area (Å²) >= 11 is 0. The summed E-state index contributed by atoms with van der Waals surface area (Å²) in [5, 5.41) is 10.4. The van der Waals surface area contributed by atoms with E-state index in [9.17, 15) is 5.11 Å². The van der Waals surface area contributed by atoms with Crippen LogP contribution in [0.15, 0.2) is 30.9 Å². The molecule has 0 saturated carbocycles. The Hall–Kier alpha value is -1.52. The molecule has 1 aromatic carbocycles. The number of rotatable bonds is 8. The lowest BCUT2D eigenvalue weighted by molar-refractivity contribution is 0.0207. The molecule has 2 rings (SSSR count). The van der Waals surface area contributed by atoms with Crippen molar-refractivity contribution in [2.45, 2.75) is 57.7 Å². The van der Waals surface area contributed by atoms with Gasteiger partial charge in [0.25, 0.3) is 0 Å². The Kier molecular flexibility index (Phi) is 7.13. The minimum absolute atomic E-state index is 0.298. The highest BCUT2D eigenvalue weighted by molar-refractivity contribution is 5.41. The van der Waals surface area contributed by atoms with Gasteiger partial charge >= 0.3 is 0 Å². The van der Waals surface area contributed by atoms with Gasteiger partial charge in [-0.1, -0.05) is 12.5 Å². The smallest absolute Gasteiger partial charge is 0.123 e. The third kappa shape index (κ3) is 4.99. The minimum Gasteiger partial charge on any atom is -0.497 e. The van der Waals surface area contributed by atoms with Crippen molar-refractivity contribution in [2.24, 2.45) is 0 Å². The van der Waals surface area contributed by atoms with E-state index in [4.69, 9.17) is 9.47 Å². The first-order chi connectivity index (χ1) is 11.5. The molecular formula is C20H31NO3. The van der Waals surface area contributed by atoms with Crippen LogP contribution in [-0.4, -0.2) is 48.5 Å². The molecule has 1 aliphatic rings. The maximum absolute atomic E-state index is 10.4. The van der Waals surface area contributed by atoms with Crippen molar-refractivity contribution in [2.75, 3.05) is 20.3 Å². The Morgan fingerprint density at radius 2 is 2.04 bits per heavy atom. The Morgan fingerprint density at radius 1 is 1.33 bits per heavy atom. The van der Waals surface area contributed by atoms with Crippen molar-refractivity contribution >= 4 is 0 Å². The third-order valence-corrected chi connectivity index (χ3v) is 4.86. The van der Waals surface area contributed by atoms with Gasteiger partial charge in [0, 0.05) is 24.2 Å². The van der Waals surface area contributed by atoms with Gasteiger partial charge in [0.2, 0.25) is 0 Å². The number of aliphatic hydroxyl groups is 1. The number of likely N-dealkylation sites (tertiary alicyclic amines) is 1. The molecule has 4 nitrogen and oxygen atoms in total. The number of piperidine rings is 1. The van der Waals surface area contributed by atoms with Gasteiger partial charge in [0.05, 0.1) is 7.11 Å². The number of allylic oxidation sites excluding steroid dienone is 1. The van der Waals surface area contributed by atoms with Crippen LogP contribution in [0.5, 0.6) is 11.5 Å². The molecule has 1 fully saturated rings. The Labute approximate surface area is 146 Å². The fourth-order valence-electron chi connectivity index (χ4n) is 3.46. The van der Waals surface area contributed by atoms with E-state index in [1.54, 1.807) is 7.11 Å². The van der Waals surface area contributed by atoms with Crippen LogP contribution < -0.4 is 9.47 Å². The zero-order valence-electron chi connectivity index (χ0n) is 15.2. The molecule has 1 aromatic rings. The molecule has 0 amide bonds. The normalized spacial score (nSPS) is 22.8. The minimum atomic E-state index is -0.494. The zero-order valence-corrected chi connectivity index (χ0v) is 15.2. The fourth-order valence-corrected chi connectivity index (χ4v) is 3.46. The first kappa shape index (κ1) is 18.8. The van der Waals surface area contributed by atoms with Crippen LogP contribution in [0.1, 0.15) is 38.7 Å². The standard InChI is InChI=1S/C20H31NO3/c1-5-7-17-12-19(23-4)10-11-20(17)24-14-18(22)13-21-15(2)8-6-9-16(21)3/h5,10-12,15-16,18,22H,1,6-9,13-14H2,2-4H3. The quantitative estimate of drug-likeness (QED) is 0.740. The number of aliphatic hydroxyl groups excluding tert-OH is 1. The summed E-state index contributed by atoms with van der Waals surface area (Å²) < 4.78 is 11.1. The summed E-state index contributed by atoms with van der Waals surface area (Å²) in [5.74, 6) is 1.59. The summed E-state index contributed by atoms with van der Waals surface area (Å²) in [5.41, 5.74) is 1.02. The highest BCUT2D eigenvalue weighted by atomic mass is 16.5. The van der Waals surface area contributed by atoms with Gasteiger partial charge < -0.3 is 14.6 Å². The van der Waals surface area contributed by atoms with Crippen LogP contribution in [0.4, 0.5) is 0 Å². The molecule has 134 valence electrons. The summed E-state index contributed by atoms with van der Waals surface area (Å²) in [6.07, 6.45) is 5.76. The molecule has 24 heavy (non-hydrogen) atoms. The zero-order chi connectivity index (χ0) is 17.5. The maximum atomic E-state index is 10.4. The number of hydrogen-bond donors (Lipinski definition) is 1. The Bertz CT molecular complexity index is 522. The van der Waals surface area contributed by atoms with E-state index in [1.807, 2.05) is 24.3 Å². The lowest BCUT2D eigenvalue weighted by atomic mass is 9.97. The van der Waals surface area contributed by atoms with Crippen molar-refractivity contribution in [1.29, 1.82) is 0 Å². The molecule has 4 heteroatoms. The number of ether oxygens (including phenoxy) is 2. The average Bonchev–Trinajstić information content (AvgIpc) is 2.57. The van der Waals surface area contributed by atoms with E-state index in [-0.39, 0.29) is 0 Å². The van der Waals surface area contributed by atoms with Crippen molar-refractivity contribution in [3.8, 4) is 11.5 Å². The van der Waals surface area contributed by atoms with E-state index in [0.29, 0.717) is 31.7 Å². The second kappa shape index (κ2) is 9.09. The van der Waals surface area contributed by atoms with E-state index in [1.165, 1.54) is 19.3 Å². The molecule has 0 aromatic heterocycles. The Morgan fingerprint density at radius 3 is 2.67 bits per heavy atom. The number of methoxy groups -OCH3 is 1. The molecule has 3 unspecified atom stereocenters. The third-order valence-electron chi connectivity index (χ3n) is 4.86. The second-order valence-corrected chi connectivity index (χ2v) is 6.76. The van der Waals surface area contributed by atoms with E-state index in [2.05, 4.69) is 25.3 Å². The van der Waals surface area contributed by atoms with Gasteiger partial charge in [-0.3, -0.25) is 4.90 Å². The van der Waals surface area contributed by atoms with Crippen LogP contribution in [0, 0.1) is 0 Å². The SMILES string of the molecule is C=CCc1cc(OC)ccc1OCC(O)CN1C(C)CCCC1C. The van der Waals surface area contributed by atoms with Crippen molar-refractivity contribution in [1.82, 2.24) is 4.90 Å². The first-order valence-electron chi connectivity index (χ1n) is 8.89. The molecule has 1 saturated heterocycles. The van der Waals surface area contributed by atoms with Crippen LogP contribution in [0.2, 0.25) is 0 Å². The number of β-amino-alcohol motifs (C(OH)–C–C–N with tert-alkyl or cyclic N) is 1. The monoisotopic (exact) mass is 333 g/mol. The topological polar surface area (TPSA) is 41.9 Å². The van der Waals surface area contributed by atoms with E-state index in [0.717, 1.165) is 17.1 Å². The number of nitrogens with zero attached hydrogens (tertiary/aromatic N) is 1. The lowest BCUT2D eigenvalue weighted by Gasteiger charge is -2.40. The summed E-state index contributed by atoms with van der Waals surface area (Å²) in [6.45, 7) is 9.24. The predicted octanol–water partition coefficient (Wildman–Crippen LogP) is 3.43. The van der Waals surface area contributed by atoms with E-state index < -0.39 is 6.10 Å². The van der Waals surface area contributed by atoms with Gasteiger partial charge in [0.15, 0.2) is 0 Å². The number of benzene rings is 1. The highest BCUT2D eigenvalue weighted by Gasteiger charge is 2.26. The summed E-state index contributed by atoms with van der Waals surface area (Å²) in [7, 11) is 1.65. The molecule has 1 aliphatic heterocycles. The first-order valence-corrected chi connectivity index (χ1v) is 8.89. The fraction of sp³-hybridized carbons (Fsp3) is 0.600. The van der Waals surface area contributed by atoms with Crippen molar-refractivity contribution in [3.63, 3.8) is 0 Å². The summed E-state index contributed by atoms with van der Waals surface area (Å²) in [6, 6.07) is 6.79.